The Kier molecular flexibility index (Phi) is 5.40. The molecule has 0 bridgehead atoms. The summed E-state index contributed by atoms with van der Waals surface area (Å²) >= 11 is 5.85. The molecule has 0 spiro atoms. The molecular formula is C18H18ClNO3. The minimum atomic E-state index is -0.981. The van der Waals surface area contributed by atoms with Gasteiger partial charge in [-0.2, -0.15) is 0 Å². The number of benzene rings is 2. The average Bonchev–Trinajstić information content (AvgIpc) is 2.49. The highest BCUT2D eigenvalue weighted by atomic mass is 35.5. The molecule has 4 nitrogen and oxygen atoms in total. The van der Waals surface area contributed by atoms with Gasteiger partial charge in [0.15, 0.2) is 0 Å². The molecule has 2 rings (SSSR count). The highest BCUT2D eigenvalue weighted by molar-refractivity contribution is 6.30. The topological polar surface area (TPSA) is 66.4 Å². The van der Waals surface area contributed by atoms with Crippen molar-refractivity contribution in [1.82, 2.24) is 5.32 Å². The van der Waals surface area contributed by atoms with Crippen molar-refractivity contribution in [3.05, 3.63) is 69.7 Å². The smallest absolute Gasteiger partial charge is 0.305 e. The first-order valence-electron chi connectivity index (χ1n) is 7.22. The fourth-order valence-electron chi connectivity index (χ4n) is 2.25. The Morgan fingerprint density at radius 3 is 2.30 bits per heavy atom. The lowest BCUT2D eigenvalue weighted by Crippen LogP contribution is -2.30. The summed E-state index contributed by atoms with van der Waals surface area (Å²) in [6, 6.07) is 11.6. The second kappa shape index (κ2) is 7.29. The van der Waals surface area contributed by atoms with Crippen LogP contribution in [0.15, 0.2) is 42.5 Å². The number of aryl methyl sites for hydroxylation is 2. The second-order valence-corrected chi connectivity index (χ2v) is 5.91. The molecule has 1 amide bonds. The van der Waals surface area contributed by atoms with Crippen molar-refractivity contribution in [2.75, 3.05) is 0 Å². The van der Waals surface area contributed by atoms with E-state index in [1.165, 1.54) is 0 Å². The van der Waals surface area contributed by atoms with Gasteiger partial charge in [0.25, 0.3) is 5.91 Å². The molecule has 0 aliphatic heterocycles. The van der Waals surface area contributed by atoms with Crippen molar-refractivity contribution in [3.8, 4) is 0 Å². The number of hydrogen-bond donors (Lipinski definition) is 2. The Morgan fingerprint density at radius 2 is 1.74 bits per heavy atom. The molecule has 120 valence electrons. The van der Waals surface area contributed by atoms with Gasteiger partial charge in [-0.05, 0) is 54.8 Å². The van der Waals surface area contributed by atoms with Crippen LogP contribution in [-0.4, -0.2) is 17.0 Å². The number of aliphatic carboxylic acids is 1. The number of carbonyl (C=O) groups is 2. The third kappa shape index (κ3) is 4.57. The van der Waals surface area contributed by atoms with Gasteiger partial charge in [0.1, 0.15) is 0 Å². The zero-order valence-corrected chi connectivity index (χ0v) is 13.7. The normalized spacial score (nSPS) is 11.8. The number of nitrogens with one attached hydrogen (secondary N) is 1. The standard InChI is InChI=1S/C18H18ClNO3/c1-11-3-4-14(9-12(11)2)18(23)20-16(10-17(21)22)13-5-7-15(19)8-6-13/h3-9,16H,10H2,1-2H3,(H,20,23)(H,21,22). The summed E-state index contributed by atoms with van der Waals surface area (Å²) in [7, 11) is 0. The van der Waals surface area contributed by atoms with Crippen LogP contribution in [0.5, 0.6) is 0 Å². The Morgan fingerprint density at radius 1 is 1.09 bits per heavy atom. The SMILES string of the molecule is Cc1ccc(C(=O)NC(CC(=O)O)c2ccc(Cl)cc2)cc1C. The number of hydrogen-bond acceptors (Lipinski definition) is 2. The van der Waals surface area contributed by atoms with Crippen LogP contribution in [0.4, 0.5) is 0 Å². The van der Waals surface area contributed by atoms with Gasteiger partial charge < -0.3 is 10.4 Å². The van der Waals surface area contributed by atoms with E-state index in [1.54, 1.807) is 36.4 Å². The summed E-state index contributed by atoms with van der Waals surface area (Å²) in [6.45, 7) is 3.90. The van der Waals surface area contributed by atoms with Crippen LogP contribution < -0.4 is 5.32 Å². The molecule has 0 saturated heterocycles. The number of carboxylic acids is 1. The quantitative estimate of drug-likeness (QED) is 0.873. The minimum Gasteiger partial charge on any atom is -0.481 e. The van der Waals surface area contributed by atoms with Gasteiger partial charge in [-0.15, -0.1) is 0 Å². The lowest BCUT2D eigenvalue weighted by Gasteiger charge is -2.18. The minimum absolute atomic E-state index is 0.196. The molecule has 0 fully saturated rings. The summed E-state index contributed by atoms with van der Waals surface area (Å²) in [6.07, 6.45) is -0.196. The molecule has 0 saturated carbocycles. The van der Waals surface area contributed by atoms with Crippen LogP contribution in [0.3, 0.4) is 0 Å². The Balaban J connectivity index is 2.22. The lowest BCUT2D eigenvalue weighted by atomic mass is 10.0. The largest absolute Gasteiger partial charge is 0.481 e. The second-order valence-electron chi connectivity index (χ2n) is 5.47. The number of carboxylic acid groups (broad SMARTS) is 1. The zero-order chi connectivity index (χ0) is 17.0. The number of rotatable bonds is 5. The molecule has 2 aromatic carbocycles. The van der Waals surface area contributed by atoms with E-state index in [-0.39, 0.29) is 12.3 Å². The first-order valence-corrected chi connectivity index (χ1v) is 7.60. The van der Waals surface area contributed by atoms with E-state index in [0.29, 0.717) is 16.1 Å². The van der Waals surface area contributed by atoms with E-state index < -0.39 is 12.0 Å². The molecule has 0 aliphatic carbocycles. The fraction of sp³-hybridized carbons (Fsp3) is 0.222. The highest BCUT2D eigenvalue weighted by Crippen LogP contribution is 2.20. The van der Waals surface area contributed by atoms with E-state index >= 15 is 0 Å². The molecule has 0 aromatic heterocycles. The summed E-state index contributed by atoms with van der Waals surface area (Å²) < 4.78 is 0. The first-order chi connectivity index (χ1) is 10.9. The van der Waals surface area contributed by atoms with Crippen LogP contribution >= 0.6 is 11.6 Å². The van der Waals surface area contributed by atoms with Gasteiger partial charge in [0, 0.05) is 10.6 Å². The molecule has 1 atom stereocenters. The molecule has 23 heavy (non-hydrogen) atoms. The Hall–Kier alpha value is -2.33. The monoisotopic (exact) mass is 331 g/mol. The summed E-state index contributed by atoms with van der Waals surface area (Å²) in [5.41, 5.74) is 3.33. The maximum atomic E-state index is 12.4. The van der Waals surface area contributed by atoms with E-state index in [2.05, 4.69) is 5.32 Å². The maximum Gasteiger partial charge on any atom is 0.305 e. The third-order valence-corrected chi connectivity index (χ3v) is 3.98. The Bertz CT molecular complexity index is 726. The van der Waals surface area contributed by atoms with Gasteiger partial charge >= 0.3 is 5.97 Å². The molecule has 1 unspecified atom stereocenters. The molecule has 0 aliphatic rings. The van der Waals surface area contributed by atoms with Gasteiger partial charge in [-0.1, -0.05) is 29.8 Å². The maximum absolute atomic E-state index is 12.4. The van der Waals surface area contributed by atoms with Gasteiger partial charge in [0.2, 0.25) is 0 Å². The van der Waals surface area contributed by atoms with E-state index in [9.17, 15) is 9.59 Å². The number of halogens is 1. The predicted molar refractivity (Wildman–Crippen MR) is 89.8 cm³/mol. The Labute approximate surface area is 140 Å². The van der Waals surface area contributed by atoms with Crippen LogP contribution in [-0.2, 0) is 4.79 Å². The van der Waals surface area contributed by atoms with Crippen LogP contribution in [0.25, 0.3) is 0 Å². The van der Waals surface area contributed by atoms with Crippen molar-refractivity contribution in [2.24, 2.45) is 0 Å². The van der Waals surface area contributed by atoms with Crippen LogP contribution in [0.1, 0.15) is 39.5 Å². The molecule has 2 aromatic rings. The van der Waals surface area contributed by atoms with Gasteiger partial charge in [0.05, 0.1) is 12.5 Å². The van der Waals surface area contributed by atoms with Crippen molar-refractivity contribution in [3.63, 3.8) is 0 Å². The zero-order valence-electron chi connectivity index (χ0n) is 13.0. The summed E-state index contributed by atoms with van der Waals surface area (Å²) in [5, 5.41) is 12.4. The van der Waals surface area contributed by atoms with Crippen molar-refractivity contribution in [2.45, 2.75) is 26.3 Å². The van der Waals surface area contributed by atoms with Crippen LogP contribution in [0.2, 0.25) is 5.02 Å². The summed E-state index contributed by atoms with van der Waals surface area (Å²) in [5.74, 6) is -1.28. The first kappa shape index (κ1) is 17.0. The molecule has 5 heteroatoms. The van der Waals surface area contributed by atoms with E-state index in [1.807, 2.05) is 19.9 Å². The molecule has 2 N–H and O–H groups in total. The van der Waals surface area contributed by atoms with Crippen molar-refractivity contribution < 1.29 is 14.7 Å². The number of carbonyl (C=O) groups excluding carboxylic acids is 1. The van der Waals surface area contributed by atoms with Crippen molar-refractivity contribution in [1.29, 1.82) is 0 Å². The van der Waals surface area contributed by atoms with Crippen LogP contribution in [0, 0.1) is 13.8 Å². The summed E-state index contributed by atoms with van der Waals surface area (Å²) in [4.78, 5) is 23.5. The highest BCUT2D eigenvalue weighted by Gasteiger charge is 2.19. The predicted octanol–water partition coefficient (Wildman–Crippen LogP) is 3.90. The molecular weight excluding hydrogens is 314 g/mol. The van der Waals surface area contributed by atoms with E-state index in [0.717, 1.165) is 11.1 Å². The van der Waals surface area contributed by atoms with E-state index in [4.69, 9.17) is 16.7 Å². The van der Waals surface area contributed by atoms with Crippen molar-refractivity contribution >= 4 is 23.5 Å². The number of amides is 1. The molecule has 0 radical (unpaired) electrons. The fourth-order valence-corrected chi connectivity index (χ4v) is 2.37. The van der Waals surface area contributed by atoms with Gasteiger partial charge in [-0.3, -0.25) is 9.59 Å². The average molecular weight is 332 g/mol. The molecule has 0 heterocycles. The van der Waals surface area contributed by atoms with Gasteiger partial charge in [-0.25, -0.2) is 0 Å². The lowest BCUT2D eigenvalue weighted by molar-refractivity contribution is -0.137. The third-order valence-electron chi connectivity index (χ3n) is 3.73.